The monoisotopic (exact) mass is 235 g/mol. The largest absolute Gasteiger partial charge is 0.344 e. The number of hydrogen-bond acceptors (Lipinski definition) is 3. The lowest BCUT2D eigenvalue weighted by Crippen LogP contribution is -2.46. The molecule has 1 aliphatic rings. The Morgan fingerprint density at radius 3 is 2.29 bits per heavy atom. The zero-order chi connectivity index (χ0) is 12.6. The van der Waals surface area contributed by atoms with Gasteiger partial charge in [0.05, 0.1) is 19.3 Å². The van der Waals surface area contributed by atoms with Gasteiger partial charge in [0.25, 0.3) is 0 Å². The van der Waals surface area contributed by atoms with Gasteiger partial charge in [0, 0.05) is 5.56 Å². The Morgan fingerprint density at radius 2 is 1.71 bits per heavy atom. The first kappa shape index (κ1) is 12.6. The minimum atomic E-state index is -0.654. The molecule has 17 heavy (non-hydrogen) atoms. The Bertz CT molecular complexity index is 420. The average Bonchev–Trinajstić information content (AvgIpc) is 2.30. The van der Waals surface area contributed by atoms with Gasteiger partial charge >= 0.3 is 0 Å². The second kappa shape index (κ2) is 4.41. The minimum absolute atomic E-state index is 0.0186. The number of aryl methyl sites for hydroxylation is 1. The highest BCUT2D eigenvalue weighted by Gasteiger charge is 2.35. The Kier molecular flexibility index (Phi) is 3.25. The molecule has 0 spiro atoms. The van der Waals surface area contributed by atoms with Crippen LogP contribution >= 0.6 is 0 Å². The lowest BCUT2D eigenvalue weighted by Gasteiger charge is -2.38. The SMILES string of the molecule is Cc1ccc(C2(C)OCC(N)CO2)c(C)c1C. The van der Waals surface area contributed by atoms with Gasteiger partial charge in [-0.3, -0.25) is 0 Å². The Hall–Kier alpha value is -0.900. The molecule has 0 bridgehead atoms. The summed E-state index contributed by atoms with van der Waals surface area (Å²) in [6.45, 7) is 9.42. The fourth-order valence-electron chi connectivity index (χ4n) is 2.23. The minimum Gasteiger partial charge on any atom is -0.344 e. The average molecular weight is 235 g/mol. The fourth-order valence-corrected chi connectivity index (χ4v) is 2.23. The molecule has 0 saturated carbocycles. The van der Waals surface area contributed by atoms with Gasteiger partial charge in [-0.05, 0) is 44.4 Å². The molecule has 3 heteroatoms. The molecule has 1 aromatic rings. The molecule has 1 heterocycles. The smallest absolute Gasteiger partial charge is 0.192 e. The van der Waals surface area contributed by atoms with Crippen molar-refractivity contribution in [3.63, 3.8) is 0 Å². The highest BCUT2D eigenvalue weighted by molar-refractivity contribution is 5.40. The molecule has 1 aromatic carbocycles. The van der Waals surface area contributed by atoms with Crippen LogP contribution in [0.1, 0.15) is 29.2 Å². The summed E-state index contributed by atoms with van der Waals surface area (Å²) in [4.78, 5) is 0. The molecule has 0 unspecified atom stereocenters. The first-order valence-corrected chi connectivity index (χ1v) is 6.05. The van der Waals surface area contributed by atoms with Crippen molar-refractivity contribution < 1.29 is 9.47 Å². The molecule has 2 rings (SSSR count). The molecule has 0 radical (unpaired) electrons. The van der Waals surface area contributed by atoms with Gasteiger partial charge < -0.3 is 15.2 Å². The van der Waals surface area contributed by atoms with Gasteiger partial charge in [0.1, 0.15) is 0 Å². The summed E-state index contributed by atoms with van der Waals surface area (Å²) in [5.74, 6) is -0.654. The van der Waals surface area contributed by atoms with Crippen molar-refractivity contribution in [2.75, 3.05) is 13.2 Å². The van der Waals surface area contributed by atoms with Crippen molar-refractivity contribution in [3.05, 3.63) is 34.4 Å². The Morgan fingerprint density at radius 1 is 1.12 bits per heavy atom. The third-order valence-corrected chi connectivity index (χ3v) is 3.69. The van der Waals surface area contributed by atoms with Crippen LogP contribution in [0.25, 0.3) is 0 Å². The van der Waals surface area contributed by atoms with Crippen LogP contribution in [-0.2, 0) is 15.3 Å². The summed E-state index contributed by atoms with van der Waals surface area (Å²) in [6, 6.07) is 4.19. The number of rotatable bonds is 1. The van der Waals surface area contributed by atoms with Crippen LogP contribution in [0.5, 0.6) is 0 Å². The van der Waals surface area contributed by atoms with Crippen molar-refractivity contribution in [1.82, 2.24) is 0 Å². The molecule has 0 aliphatic carbocycles. The third-order valence-electron chi connectivity index (χ3n) is 3.69. The van der Waals surface area contributed by atoms with Crippen LogP contribution in [0.4, 0.5) is 0 Å². The topological polar surface area (TPSA) is 44.5 Å². The van der Waals surface area contributed by atoms with Crippen molar-refractivity contribution in [2.45, 2.75) is 39.5 Å². The maximum atomic E-state index is 5.79. The Balaban J connectivity index is 2.37. The summed E-state index contributed by atoms with van der Waals surface area (Å²) < 4.78 is 11.6. The van der Waals surface area contributed by atoms with E-state index in [0.717, 1.165) is 5.56 Å². The van der Waals surface area contributed by atoms with Crippen molar-refractivity contribution >= 4 is 0 Å². The van der Waals surface area contributed by atoms with Crippen molar-refractivity contribution in [2.24, 2.45) is 5.73 Å². The molecule has 0 atom stereocenters. The van der Waals surface area contributed by atoms with E-state index in [1.807, 2.05) is 6.92 Å². The zero-order valence-corrected chi connectivity index (χ0v) is 11.0. The molecule has 1 saturated heterocycles. The number of ether oxygens (including phenoxy) is 2. The quantitative estimate of drug-likeness (QED) is 0.811. The molecule has 1 fully saturated rings. The molecule has 0 amide bonds. The number of benzene rings is 1. The molecule has 2 N–H and O–H groups in total. The lowest BCUT2D eigenvalue weighted by molar-refractivity contribution is -0.270. The van der Waals surface area contributed by atoms with E-state index in [1.165, 1.54) is 16.7 Å². The second-order valence-electron chi connectivity index (χ2n) is 5.01. The summed E-state index contributed by atoms with van der Waals surface area (Å²) >= 11 is 0. The van der Waals surface area contributed by atoms with Crippen LogP contribution < -0.4 is 5.73 Å². The highest BCUT2D eigenvalue weighted by Crippen LogP contribution is 2.33. The van der Waals surface area contributed by atoms with E-state index in [4.69, 9.17) is 15.2 Å². The predicted molar refractivity (Wildman–Crippen MR) is 67.9 cm³/mol. The van der Waals surface area contributed by atoms with E-state index in [0.29, 0.717) is 13.2 Å². The summed E-state index contributed by atoms with van der Waals surface area (Å²) in [5, 5.41) is 0. The first-order valence-electron chi connectivity index (χ1n) is 6.05. The first-order chi connectivity index (χ1) is 7.94. The van der Waals surface area contributed by atoms with E-state index in [2.05, 4.69) is 32.9 Å². The maximum Gasteiger partial charge on any atom is 0.192 e. The van der Waals surface area contributed by atoms with Gasteiger partial charge in [-0.1, -0.05) is 12.1 Å². The van der Waals surface area contributed by atoms with Crippen LogP contribution in [0.2, 0.25) is 0 Å². The fraction of sp³-hybridized carbons (Fsp3) is 0.571. The van der Waals surface area contributed by atoms with Crippen LogP contribution in [0.15, 0.2) is 12.1 Å². The van der Waals surface area contributed by atoms with Crippen molar-refractivity contribution in [1.29, 1.82) is 0 Å². The third kappa shape index (κ3) is 2.23. The van der Waals surface area contributed by atoms with Crippen LogP contribution in [-0.4, -0.2) is 19.3 Å². The highest BCUT2D eigenvalue weighted by atomic mass is 16.7. The van der Waals surface area contributed by atoms with Gasteiger partial charge in [0.15, 0.2) is 5.79 Å². The summed E-state index contributed by atoms with van der Waals surface area (Å²) in [5.41, 5.74) is 10.7. The molecular formula is C14H21NO2. The molecular weight excluding hydrogens is 214 g/mol. The van der Waals surface area contributed by atoms with Crippen LogP contribution in [0, 0.1) is 20.8 Å². The van der Waals surface area contributed by atoms with Gasteiger partial charge in [-0.15, -0.1) is 0 Å². The summed E-state index contributed by atoms with van der Waals surface area (Å²) in [7, 11) is 0. The Labute approximate surface area is 103 Å². The van der Waals surface area contributed by atoms with E-state index < -0.39 is 5.79 Å². The van der Waals surface area contributed by atoms with Gasteiger partial charge in [0.2, 0.25) is 0 Å². The van der Waals surface area contributed by atoms with E-state index in [9.17, 15) is 0 Å². The standard InChI is InChI=1S/C14H21NO2/c1-9-5-6-13(11(3)10(9)2)14(4)16-7-12(15)8-17-14/h5-6,12H,7-8,15H2,1-4H3. The predicted octanol–water partition coefficient (Wildman–Crippen LogP) is 2.16. The van der Waals surface area contributed by atoms with Gasteiger partial charge in [-0.25, -0.2) is 0 Å². The van der Waals surface area contributed by atoms with Crippen LogP contribution in [0.3, 0.4) is 0 Å². The molecule has 94 valence electrons. The molecule has 0 aromatic heterocycles. The van der Waals surface area contributed by atoms with E-state index in [1.54, 1.807) is 0 Å². The maximum absolute atomic E-state index is 5.79. The van der Waals surface area contributed by atoms with Gasteiger partial charge in [-0.2, -0.15) is 0 Å². The number of nitrogens with two attached hydrogens (primary N) is 1. The zero-order valence-electron chi connectivity index (χ0n) is 11.0. The normalized spacial score (nSPS) is 29.4. The lowest BCUT2D eigenvalue weighted by atomic mass is 9.94. The molecule has 1 aliphatic heterocycles. The second-order valence-corrected chi connectivity index (χ2v) is 5.01. The van der Waals surface area contributed by atoms with E-state index in [-0.39, 0.29) is 6.04 Å². The van der Waals surface area contributed by atoms with Crippen molar-refractivity contribution in [3.8, 4) is 0 Å². The van der Waals surface area contributed by atoms with E-state index >= 15 is 0 Å². The summed E-state index contributed by atoms with van der Waals surface area (Å²) in [6.07, 6.45) is 0. The number of hydrogen-bond donors (Lipinski definition) is 1. The molecule has 3 nitrogen and oxygen atoms in total.